The molecule has 0 aliphatic heterocycles. The van der Waals surface area contributed by atoms with Gasteiger partial charge in [-0.25, -0.2) is 13.8 Å². The van der Waals surface area contributed by atoms with E-state index in [1.165, 1.54) is 12.1 Å². The number of H-pyrrole nitrogens is 1. The van der Waals surface area contributed by atoms with Crippen molar-refractivity contribution in [1.82, 2.24) is 15.3 Å². The van der Waals surface area contributed by atoms with Crippen LogP contribution in [0.2, 0.25) is 0 Å². The maximum absolute atomic E-state index is 13.3. The van der Waals surface area contributed by atoms with E-state index >= 15 is 0 Å². The third kappa shape index (κ3) is 2.88. The van der Waals surface area contributed by atoms with Gasteiger partial charge in [0.15, 0.2) is 0 Å². The molecule has 2 aromatic rings. The fraction of sp³-hybridized carbons (Fsp3) is 0.250. The molecule has 0 aliphatic carbocycles. The molecule has 1 aromatic carbocycles. The minimum atomic E-state index is -0.565. The first-order chi connectivity index (χ1) is 8.16. The topological polar surface area (TPSA) is 40.7 Å². The first-order valence-electron chi connectivity index (χ1n) is 5.33. The summed E-state index contributed by atoms with van der Waals surface area (Å²) in [5.41, 5.74) is 0.435. The first-order valence-corrected chi connectivity index (χ1v) is 5.33. The van der Waals surface area contributed by atoms with Crippen LogP contribution in [0.25, 0.3) is 0 Å². The lowest BCUT2D eigenvalue weighted by atomic mass is 10.2. The van der Waals surface area contributed by atoms with Crippen molar-refractivity contribution in [3.05, 3.63) is 53.6 Å². The molecule has 2 N–H and O–H groups in total. The molecule has 0 saturated heterocycles. The number of hydrogen-bond acceptors (Lipinski definition) is 2. The fourth-order valence-electron chi connectivity index (χ4n) is 1.54. The molecule has 2 rings (SSSR count). The molecule has 0 amide bonds. The van der Waals surface area contributed by atoms with Gasteiger partial charge in [-0.05, 0) is 13.0 Å². The zero-order valence-electron chi connectivity index (χ0n) is 9.37. The van der Waals surface area contributed by atoms with Gasteiger partial charge in [0.05, 0.1) is 6.04 Å². The molecule has 1 unspecified atom stereocenters. The number of rotatable bonds is 4. The van der Waals surface area contributed by atoms with E-state index in [0.29, 0.717) is 12.1 Å². The molecule has 0 bridgehead atoms. The lowest BCUT2D eigenvalue weighted by molar-refractivity contribution is 0.522. The molecule has 1 aromatic heterocycles. The second kappa shape index (κ2) is 5.05. The Kier molecular flexibility index (Phi) is 3.49. The SMILES string of the molecule is CC(NCc1ccc(F)cc1F)c1ncc[nH]1. The zero-order valence-corrected chi connectivity index (χ0v) is 9.37. The van der Waals surface area contributed by atoms with Crippen LogP contribution < -0.4 is 5.32 Å². The van der Waals surface area contributed by atoms with Crippen LogP contribution in [0.5, 0.6) is 0 Å². The van der Waals surface area contributed by atoms with E-state index in [2.05, 4.69) is 15.3 Å². The number of hydrogen-bond donors (Lipinski definition) is 2. The van der Waals surface area contributed by atoms with Gasteiger partial charge in [-0.15, -0.1) is 0 Å². The Morgan fingerprint density at radius 2 is 2.24 bits per heavy atom. The highest BCUT2D eigenvalue weighted by molar-refractivity contribution is 5.18. The van der Waals surface area contributed by atoms with Gasteiger partial charge in [0.1, 0.15) is 17.5 Å². The summed E-state index contributed by atoms with van der Waals surface area (Å²) in [5, 5.41) is 3.11. The molecule has 1 heterocycles. The Morgan fingerprint density at radius 1 is 1.41 bits per heavy atom. The minimum absolute atomic E-state index is 0.0190. The Bertz CT molecular complexity index is 483. The molecule has 0 fully saturated rings. The van der Waals surface area contributed by atoms with Crippen LogP contribution in [0.3, 0.4) is 0 Å². The van der Waals surface area contributed by atoms with Gasteiger partial charge >= 0.3 is 0 Å². The van der Waals surface area contributed by atoms with E-state index in [1.807, 2.05) is 6.92 Å². The van der Waals surface area contributed by atoms with Crippen LogP contribution in [0.15, 0.2) is 30.6 Å². The molecule has 3 nitrogen and oxygen atoms in total. The second-order valence-corrected chi connectivity index (χ2v) is 3.81. The Hall–Kier alpha value is -1.75. The number of benzene rings is 1. The zero-order chi connectivity index (χ0) is 12.3. The van der Waals surface area contributed by atoms with Crippen LogP contribution in [-0.2, 0) is 6.54 Å². The maximum atomic E-state index is 13.3. The van der Waals surface area contributed by atoms with Crippen LogP contribution in [0, 0.1) is 11.6 Å². The molecule has 5 heteroatoms. The Labute approximate surface area is 97.9 Å². The molecule has 90 valence electrons. The van der Waals surface area contributed by atoms with Gasteiger partial charge in [-0.1, -0.05) is 6.07 Å². The summed E-state index contributed by atoms with van der Waals surface area (Å²) in [4.78, 5) is 7.06. The van der Waals surface area contributed by atoms with Gasteiger partial charge < -0.3 is 10.3 Å². The van der Waals surface area contributed by atoms with Crippen molar-refractivity contribution < 1.29 is 8.78 Å². The summed E-state index contributed by atoms with van der Waals surface area (Å²) in [6, 6.07) is 3.55. The third-order valence-corrected chi connectivity index (χ3v) is 2.54. The summed E-state index contributed by atoms with van der Waals surface area (Å²) in [6.07, 6.45) is 3.39. The lowest BCUT2D eigenvalue weighted by Crippen LogP contribution is -2.19. The van der Waals surface area contributed by atoms with Gasteiger partial charge in [0.2, 0.25) is 0 Å². The molecule has 0 radical (unpaired) electrons. The van der Waals surface area contributed by atoms with Gasteiger partial charge in [-0.3, -0.25) is 0 Å². The third-order valence-electron chi connectivity index (χ3n) is 2.54. The summed E-state index contributed by atoms with van der Waals surface area (Å²) in [6.45, 7) is 2.24. The summed E-state index contributed by atoms with van der Waals surface area (Å²) in [5.74, 6) is -0.318. The Balaban J connectivity index is 1.98. The van der Waals surface area contributed by atoms with Crippen molar-refractivity contribution in [1.29, 1.82) is 0 Å². The van der Waals surface area contributed by atoms with Crippen LogP contribution in [0.4, 0.5) is 8.78 Å². The highest BCUT2D eigenvalue weighted by atomic mass is 19.1. The highest BCUT2D eigenvalue weighted by Crippen LogP contribution is 2.11. The van der Waals surface area contributed by atoms with Gasteiger partial charge in [0.25, 0.3) is 0 Å². The van der Waals surface area contributed by atoms with Crippen molar-refractivity contribution in [2.75, 3.05) is 0 Å². The molecule has 17 heavy (non-hydrogen) atoms. The van der Waals surface area contributed by atoms with Crippen molar-refractivity contribution in [2.24, 2.45) is 0 Å². The number of nitrogens with zero attached hydrogens (tertiary/aromatic N) is 1. The van der Waals surface area contributed by atoms with E-state index in [4.69, 9.17) is 0 Å². The normalized spacial score (nSPS) is 12.6. The smallest absolute Gasteiger partial charge is 0.130 e. The Morgan fingerprint density at radius 3 is 2.88 bits per heavy atom. The van der Waals surface area contributed by atoms with Crippen molar-refractivity contribution in [3.63, 3.8) is 0 Å². The van der Waals surface area contributed by atoms with E-state index in [1.54, 1.807) is 12.4 Å². The average molecular weight is 237 g/mol. The standard InChI is InChI=1S/C12H13F2N3/c1-8(12-15-4-5-16-12)17-7-9-2-3-10(13)6-11(9)14/h2-6,8,17H,7H2,1H3,(H,15,16). The maximum Gasteiger partial charge on any atom is 0.130 e. The summed E-state index contributed by atoms with van der Waals surface area (Å²) in [7, 11) is 0. The average Bonchev–Trinajstić information content (AvgIpc) is 2.81. The van der Waals surface area contributed by atoms with Crippen molar-refractivity contribution in [3.8, 4) is 0 Å². The van der Waals surface area contributed by atoms with Crippen molar-refractivity contribution in [2.45, 2.75) is 19.5 Å². The number of imidazole rings is 1. The largest absolute Gasteiger partial charge is 0.347 e. The predicted molar refractivity (Wildman–Crippen MR) is 60.2 cm³/mol. The summed E-state index contributed by atoms with van der Waals surface area (Å²) >= 11 is 0. The van der Waals surface area contributed by atoms with Gasteiger partial charge in [0, 0.05) is 30.6 Å². The summed E-state index contributed by atoms with van der Waals surface area (Å²) < 4.78 is 26.0. The van der Waals surface area contributed by atoms with E-state index in [0.717, 1.165) is 11.9 Å². The molecule has 1 atom stereocenters. The molecule has 0 spiro atoms. The first kappa shape index (κ1) is 11.7. The molecular weight excluding hydrogens is 224 g/mol. The number of halogens is 2. The van der Waals surface area contributed by atoms with Crippen LogP contribution in [-0.4, -0.2) is 9.97 Å². The van der Waals surface area contributed by atoms with E-state index < -0.39 is 11.6 Å². The molecule has 0 aliphatic rings. The highest BCUT2D eigenvalue weighted by Gasteiger charge is 2.09. The number of nitrogens with one attached hydrogen (secondary N) is 2. The van der Waals surface area contributed by atoms with E-state index in [-0.39, 0.29) is 6.04 Å². The molecule has 0 saturated carbocycles. The minimum Gasteiger partial charge on any atom is -0.347 e. The van der Waals surface area contributed by atoms with Crippen molar-refractivity contribution >= 4 is 0 Å². The quantitative estimate of drug-likeness (QED) is 0.857. The predicted octanol–water partition coefficient (Wildman–Crippen LogP) is 2.54. The monoisotopic (exact) mass is 237 g/mol. The fourth-order valence-corrected chi connectivity index (χ4v) is 1.54. The van der Waals surface area contributed by atoms with Crippen LogP contribution >= 0.6 is 0 Å². The lowest BCUT2D eigenvalue weighted by Gasteiger charge is -2.11. The second-order valence-electron chi connectivity index (χ2n) is 3.81. The number of aromatic nitrogens is 2. The van der Waals surface area contributed by atoms with Crippen LogP contribution in [0.1, 0.15) is 24.4 Å². The number of aromatic amines is 1. The van der Waals surface area contributed by atoms with Gasteiger partial charge in [-0.2, -0.15) is 0 Å². The van der Waals surface area contributed by atoms with E-state index in [9.17, 15) is 8.78 Å². The molecular formula is C12H13F2N3.